The van der Waals surface area contributed by atoms with Gasteiger partial charge >= 0.3 is 11.7 Å². The van der Waals surface area contributed by atoms with Crippen molar-refractivity contribution in [2.75, 3.05) is 26.2 Å². The minimum absolute atomic E-state index is 0.123. The van der Waals surface area contributed by atoms with Crippen LogP contribution in [0.2, 0.25) is 0 Å². The van der Waals surface area contributed by atoms with E-state index in [0.717, 1.165) is 19.3 Å². The van der Waals surface area contributed by atoms with Crippen LogP contribution in [0.1, 0.15) is 46.0 Å². The van der Waals surface area contributed by atoms with Gasteiger partial charge in [-0.3, -0.25) is 18.7 Å². The fourth-order valence-electron chi connectivity index (χ4n) is 3.97. The average Bonchev–Trinajstić information content (AvgIpc) is 3.41. The summed E-state index contributed by atoms with van der Waals surface area (Å²) >= 11 is 0. The van der Waals surface area contributed by atoms with Crippen molar-refractivity contribution in [2.24, 2.45) is 17.2 Å². The molecule has 0 unspecified atom stereocenters. The number of aliphatic carboxylic acids is 1. The van der Waals surface area contributed by atoms with Crippen LogP contribution in [0, 0.1) is 0 Å². The number of unbranched alkanes of at least 4 members (excludes halogenated alkanes) is 1. The lowest BCUT2D eigenvalue weighted by molar-refractivity contribution is -0.139. The molecule has 0 aliphatic rings. The average molecular weight is 575 g/mol. The molecule has 1 amide bonds. The molecule has 14 heteroatoms. The summed E-state index contributed by atoms with van der Waals surface area (Å²) in [5.74, 6) is -0.313. The number of H-pyrrole nitrogens is 1. The zero-order chi connectivity index (χ0) is 30.4. The fourth-order valence-corrected chi connectivity index (χ4v) is 3.97. The van der Waals surface area contributed by atoms with Crippen LogP contribution >= 0.6 is 0 Å². The summed E-state index contributed by atoms with van der Waals surface area (Å²) in [5.41, 5.74) is 16.7. The van der Waals surface area contributed by atoms with Gasteiger partial charge in [-0.15, -0.1) is 0 Å². The summed E-state index contributed by atoms with van der Waals surface area (Å²) in [6.45, 7) is 5.84. The Morgan fingerprint density at radius 3 is 2.29 bits per heavy atom. The van der Waals surface area contributed by atoms with Crippen LogP contribution in [0.15, 0.2) is 33.9 Å². The third-order valence-corrected chi connectivity index (χ3v) is 6.00. The maximum absolute atomic E-state index is 12.7. The number of ether oxygens (including phenoxy) is 1. The standard InChI is InChI=1S/C19H22N4O5.C8H20N4O/c1-3-9-22-17-15(18(26)23(10-4-2)19(22)27)20-16(21-17)12-5-7-13(8-6-12)28-11-14(24)25;9-4-2-1-3-7(11)8(13)12-6-5-10/h5-8H,3-4,9-11H2,1-2H3,(H,20,21)(H,24,25);7H,1-6,9-11H2,(H,12,13)/t;7-/m.0/s1. The Bertz CT molecular complexity index is 1380. The van der Waals surface area contributed by atoms with Gasteiger partial charge in [0.1, 0.15) is 17.1 Å². The van der Waals surface area contributed by atoms with Crippen LogP contribution in [0.4, 0.5) is 0 Å². The van der Waals surface area contributed by atoms with Gasteiger partial charge in [-0.05, 0) is 56.5 Å². The number of imidazole rings is 1. The monoisotopic (exact) mass is 574 g/mol. The van der Waals surface area contributed by atoms with E-state index in [1.807, 2.05) is 13.8 Å². The van der Waals surface area contributed by atoms with E-state index in [4.69, 9.17) is 27.0 Å². The Kier molecular flexibility index (Phi) is 13.7. The van der Waals surface area contributed by atoms with E-state index >= 15 is 0 Å². The molecule has 0 fully saturated rings. The summed E-state index contributed by atoms with van der Waals surface area (Å²) in [4.78, 5) is 54.7. The number of aromatic amines is 1. The molecule has 0 aliphatic heterocycles. The Labute approximate surface area is 237 Å². The molecule has 0 spiro atoms. The van der Waals surface area contributed by atoms with Gasteiger partial charge in [-0.1, -0.05) is 20.3 Å². The number of nitrogens with one attached hydrogen (secondary N) is 2. The topological polar surface area (TPSA) is 226 Å². The maximum Gasteiger partial charge on any atom is 0.341 e. The number of aryl methyl sites for hydroxylation is 1. The minimum atomic E-state index is -1.06. The second-order valence-corrected chi connectivity index (χ2v) is 9.35. The molecule has 0 aliphatic carbocycles. The molecule has 1 atom stereocenters. The third kappa shape index (κ3) is 9.55. The van der Waals surface area contributed by atoms with E-state index in [1.165, 1.54) is 9.13 Å². The summed E-state index contributed by atoms with van der Waals surface area (Å²) < 4.78 is 7.88. The normalized spacial score (nSPS) is 11.5. The molecule has 9 N–H and O–H groups in total. The number of nitrogens with zero attached hydrogens (tertiary/aromatic N) is 3. The van der Waals surface area contributed by atoms with Crippen LogP contribution in [0.3, 0.4) is 0 Å². The largest absolute Gasteiger partial charge is 0.482 e. The van der Waals surface area contributed by atoms with Crippen molar-refractivity contribution in [3.8, 4) is 17.1 Å². The molecule has 1 aromatic carbocycles. The number of benzene rings is 1. The summed E-state index contributed by atoms with van der Waals surface area (Å²) in [6, 6.07) is 6.25. The SMILES string of the molecule is CCCn1c(=O)c2[nH]c(-c3ccc(OCC(=O)O)cc3)nc2n(CCC)c1=O.NCCCC[C@H](N)C(=O)NCCN. The number of rotatable bonds is 15. The highest BCUT2D eigenvalue weighted by atomic mass is 16.5. The molecule has 2 aromatic heterocycles. The molecular weight excluding hydrogens is 532 g/mol. The summed E-state index contributed by atoms with van der Waals surface area (Å²) in [5, 5.41) is 11.3. The van der Waals surface area contributed by atoms with E-state index in [2.05, 4.69) is 15.3 Å². The second-order valence-electron chi connectivity index (χ2n) is 9.35. The smallest absolute Gasteiger partial charge is 0.341 e. The van der Waals surface area contributed by atoms with Crippen molar-refractivity contribution in [3.05, 3.63) is 45.1 Å². The lowest BCUT2D eigenvalue weighted by atomic mass is 10.1. The third-order valence-electron chi connectivity index (χ3n) is 6.00. The quantitative estimate of drug-likeness (QED) is 0.137. The Morgan fingerprint density at radius 2 is 1.71 bits per heavy atom. The van der Waals surface area contributed by atoms with Crippen molar-refractivity contribution in [1.29, 1.82) is 0 Å². The predicted octanol–water partition coefficient (Wildman–Crippen LogP) is 0.354. The van der Waals surface area contributed by atoms with Gasteiger partial charge in [-0.2, -0.15) is 0 Å². The molecule has 2 heterocycles. The highest BCUT2D eigenvalue weighted by Crippen LogP contribution is 2.21. The highest BCUT2D eigenvalue weighted by Gasteiger charge is 2.17. The van der Waals surface area contributed by atoms with Crippen LogP contribution in [-0.4, -0.2) is 68.4 Å². The van der Waals surface area contributed by atoms with E-state index < -0.39 is 18.6 Å². The van der Waals surface area contributed by atoms with Crippen LogP contribution in [0.5, 0.6) is 5.75 Å². The number of hydrogen-bond donors (Lipinski definition) is 6. The number of carboxylic acid groups (broad SMARTS) is 1. The molecule has 3 aromatic rings. The lowest BCUT2D eigenvalue weighted by Crippen LogP contribution is -2.42. The van der Waals surface area contributed by atoms with Gasteiger partial charge in [0.25, 0.3) is 5.56 Å². The van der Waals surface area contributed by atoms with Gasteiger partial charge in [-0.25, -0.2) is 14.6 Å². The van der Waals surface area contributed by atoms with E-state index in [9.17, 15) is 19.2 Å². The highest BCUT2D eigenvalue weighted by molar-refractivity contribution is 5.81. The Balaban J connectivity index is 0.000000383. The Hall–Kier alpha value is -4.01. The number of nitrogens with two attached hydrogens (primary N) is 3. The number of carbonyl (C=O) groups excluding carboxylic acids is 1. The van der Waals surface area contributed by atoms with Crippen LogP contribution in [0.25, 0.3) is 22.6 Å². The van der Waals surface area contributed by atoms with Crippen molar-refractivity contribution in [1.82, 2.24) is 24.4 Å². The van der Waals surface area contributed by atoms with Gasteiger partial charge in [0.2, 0.25) is 5.91 Å². The first-order chi connectivity index (χ1) is 19.7. The number of hydrogen-bond acceptors (Lipinski definition) is 9. The molecule has 0 saturated carbocycles. The number of carbonyl (C=O) groups is 2. The van der Waals surface area contributed by atoms with E-state index in [1.54, 1.807) is 24.3 Å². The predicted molar refractivity (Wildman–Crippen MR) is 157 cm³/mol. The van der Waals surface area contributed by atoms with Crippen molar-refractivity contribution in [3.63, 3.8) is 0 Å². The number of aromatic nitrogens is 4. The number of carboxylic acids is 1. The van der Waals surface area contributed by atoms with Gasteiger partial charge in [0.15, 0.2) is 12.3 Å². The van der Waals surface area contributed by atoms with Crippen molar-refractivity contribution >= 4 is 23.0 Å². The molecular formula is C27H42N8O6. The van der Waals surface area contributed by atoms with Crippen molar-refractivity contribution < 1.29 is 19.4 Å². The van der Waals surface area contributed by atoms with Crippen LogP contribution < -0.4 is 38.5 Å². The number of fused-ring (bicyclic) bond motifs is 1. The molecule has 0 saturated heterocycles. The molecule has 14 nitrogen and oxygen atoms in total. The summed E-state index contributed by atoms with van der Waals surface area (Å²) in [6.07, 6.45) is 3.90. The Morgan fingerprint density at radius 1 is 1.05 bits per heavy atom. The van der Waals surface area contributed by atoms with Crippen LogP contribution in [-0.2, 0) is 22.7 Å². The first kappa shape index (κ1) is 33.2. The van der Waals surface area contributed by atoms with Crippen molar-refractivity contribution in [2.45, 2.75) is 65.1 Å². The zero-order valence-corrected chi connectivity index (χ0v) is 23.7. The fraction of sp³-hybridized carbons (Fsp3) is 0.519. The van der Waals surface area contributed by atoms with Gasteiger partial charge in [0, 0.05) is 31.7 Å². The first-order valence-corrected chi connectivity index (χ1v) is 13.8. The molecule has 3 rings (SSSR count). The maximum atomic E-state index is 12.7. The summed E-state index contributed by atoms with van der Waals surface area (Å²) in [7, 11) is 0. The lowest BCUT2D eigenvalue weighted by Gasteiger charge is -2.10. The molecule has 226 valence electrons. The van der Waals surface area contributed by atoms with E-state index in [-0.39, 0.29) is 17.2 Å². The molecule has 0 radical (unpaired) electrons. The second kappa shape index (κ2) is 16.9. The minimum Gasteiger partial charge on any atom is -0.482 e. The van der Waals surface area contributed by atoms with Gasteiger partial charge < -0.3 is 37.3 Å². The zero-order valence-electron chi connectivity index (χ0n) is 23.7. The molecule has 41 heavy (non-hydrogen) atoms. The number of amides is 1. The van der Waals surface area contributed by atoms with E-state index in [0.29, 0.717) is 73.9 Å². The molecule has 0 bridgehead atoms. The van der Waals surface area contributed by atoms with Gasteiger partial charge in [0.05, 0.1) is 6.04 Å². The first-order valence-electron chi connectivity index (χ1n) is 13.8.